The van der Waals surface area contributed by atoms with E-state index in [4.69, 9.17) is 9.97 Å². The van der Waals surface area contributed by atoms with Crippen molar-refractivity contribution in [3.05, 3.63) is 218 Å². The normalized spacial score (nSPS) is 12.7. The molecule has 11 aromatic rings. The first-order chi connectivity index (χ1) is 30.8. The standard InChI is InChI=1S/C58H40N4/c1-6-20-39(21-7-1)47-36-43(58-59-49(41-24-10-3-11-25-41)38-50(60-58)42-26-12-4-13-27-42)37-48(40-22-8-2-9-23-40)57(47)62-52-33-19-17-31-46(52)56-54(62)35-34-53-55(56)45-30-16-18-32-51(45)61(53)44-28-14-5-15-29-44/h1-14,16-28,30-38H,15,29H2. The van der Waals surface area contributed by atoms with E-state index in [-0.39, 0.29) is 0 Å². The second kappa shape index (κ2) is 14.9. The van der Waals surface area contributed by atoms with Crippen molar-refractivity contribution in [3.8, 4) is 61.8 Å². The van der Waals surface area contributed by atoms with Crippen molar-refractivity contribution in [2.24, 2.45) is 0 Å². The fourth-order valence-corrected chi connectivity index (χ4v) is 9.61. The summed E-state index contributed by atoms with van der Waals surface area (Å²) in [6.07, 6.45) is 8.79. The molecule has 292 valence electrons. The third-order valence-electron chi connectivity index (χ3n) is 12.4. The van der Waals surface area contributed by atoms with Crippen molar-refractivity contribution in [2.45, 2.75) is 12.8 Å². The first-order valence-corrected chi connectivity index (χ1v) is 21.4. The minimum Gasteiger partial charge on any atom is -0.313 e. The lowest BCUT2D eigenvalue weighted by atomic mass is 9.92. The zero-order valence-corrected chi connectivity index (χ0v) is 34.0. The third kappa shape index (κ3) is 5.91. The van der Waals surface area contributed by atoms with Crippen LogP contribution in [0, 0.1) is 0 Å². The summed E-state index contributed by atoms with van der Waals surface area (Å²) in [6.45, 7) is 0. The Balaban J connectivity index is 1.20. The van der Waals surface area contributed by atoms with Crippen LogP contribution in [0.2, 0.25) is 0 Å². The fourth-order valence-electron chi connectivity index (χ4n) is 9.61. The molecule has 3 aromatic heterocycles. The minimum absolute atomic E-state index is 0.676. The highest BCUT2D eigenvalue weighted by atomic mass is 15.0. The Morgan fingerprint density at radius 2 is 0.839 bits per heavy atom. The quantitative estimate of drug-likeness (QED) is 0.161. The highest BCUT2D eigenvalue weighted by Gasteiger charge is 2.25. The summed E-state index contributed by atoms with van der Waals surface area (Å²) >= 11 is 0. The summed E-state index contributed by atoms with van der Waals surface area (Å²) in [5.74, 6) is 0.676. The van der Waals surface area contributed by atoms with Gasteiger partial charge in [-0.05, 0) is 72.5 Å². The van der Waals surface area contributed by atoms with Crippen molar-refractivity contribution in [1.29, 1.82) is 0 Å². The molecule has 0 amide bonds. The lowest BCUT2D eigenvalue weighted by molar-refractivity contribution is 0.979. The van der Waals surface area contributed by atoms with E-state index in [0.717, 1.165) is 79.9 Å². The lowest BCUT2D eigenvalue weighted by Crippen LogP contribution is -2.03. The predicted molar refractivity (Wildman–Crippen MR) is 259 cm³/mol. The van der Waals surface area contributed by atoms with E-state index in [2.05, 4.69) is 215 Å². The van der Waals surface area contributed by atoms with Crippen molar-refractivity contribution < 1.29 is 0 Å². The van der Waals surface area contributed by atoms with Gasteiger partial charge >= 0.3 is 0 Å². The Morgan fingerprint density at radius 1 is 0.387 bits per heavy atom. The number of nitrogens with zero attached hydrogens (tertiary/aromatic N) is 4. The molecule has 8 aromatic carbocycles. The van der Waals surface area contributed by atoms with Crippen LogP contribution in [0.1, 0.15) is 12.8 Å². The number of benzene rings is 8. The zero-order valence-electron chi connectivity index (χ0n) is 34.0. The molecule has 4 heteroatoms. The van der Waals surface area contributed by atoms with E-state index in [9.17, 15) is 0 Å². The topological polar surface area (TPSA) is 35.6 Å². The molecule has 1 aliphatic carbocycles. The van der Waals surface area contributed by atoms with Crippen LogP contribution in [0.5, 0.6) is 0 Å². The predicted octanol–water partition coefficient (Wildman–Crippen LogP) is 15.2. The molecule has 0 radical (unpaired) electrons. The van der Waals surface area contributed by atoms with Gasteiger partial charge < -0.3 is 9.13 Å². The molecule has 0 N–H and O–H groups in total. The van der Waals surface area contributed by atoms with E-state index in [0.29, 0.717) is 5.82 Å². The number of fused-ring (bicyclic) bond motifs is 7. The number of aromatic nitrogens is 4. The van der Waals surface area contributed by atoms with E-state index in [1.807, 2.05) is 12.1 Å². The SMILES string of the molecule is C1=CCCC(n2c3ccccc3c3c4c5ccccc5n(-c5c(-c6ccccc6)cc(-c6nc(-c7ccccc7)cc(-c7ccccc7)n6)cc5-c5ccccc5)c4ccc32)=C1. The van der Waals surface area contributed by atoms with Crippen LogP contribution in [-0.2, 0) is 0 Å². The van der Waals surface area contributed by atoms with Gasteiger partial charge in [0.15, 0.2) is 5.82 Å². The number of rotatable bonds is 7. The molecular weight excluding hydrogens is 753 g/mol. The van der Waals surface area contributed by atoms with Gasteiger partial charge in [0.05, 0.1) is 39.1 Å². The highest BCUT2D eigenvalue weighted by Crippen LogP contribution is 2.47. The van der Waals surface area contributed by atoms with Gasteiger partial charge in [-0.1, -0.05) is 170 Å². The van der Waals surface area contributed by atoms with Gasteiger partial charge in [0.25, 0.3) is 0 Å². The Kier molecular flexibility index (Phi) is 8.60. The molecule has 3 heterocycles. The molecule has 0 atom stereocenters. The van der Waals surface area contributed by atoms with Gasteiger partial charge in [0.1, 0.15) is 0 Å². The third-order valence-corrected chi connectivity index (χ3v) is 12.4. The van der Waals surface area contributed by atoms with Crippen molar-refractivity contribution >= 4 is 49.3 Å². The summed E-state index contributed by atoms with van der Waals surface area (Å²) in [5.41, 5.74) is 16.5. The zero-order chi connectivity index (χ0) is 41.0. The first-order valence-electron chi connectivity index (χ1n) is 21.4. The summed E-state index contributed by atoms with van der Waals surface area (Å²) in [4.78, 5) is 10.7. The maximum absolute atomic E-state index is 5.34. The van der Waals surface area contributed by atoms with Gasteiger partial charge in [-0.2, -0.15) is 0 Å². The maximum atomic E-state index is 5.34. The Labute approximate surface area is 360 Å². The summed E-state index contributed by atoms with van der Waals surface area (Å²) in [6, 6.07) is 71.7. The van der Waals surface area contributed by atoms with Crippen molar-refractivity contribution in [1.82, 2.24) is 19.1 Å². The van der Waals surface area contributed by atoms with Crippen LogP contribution in [0.4, 0.5) is 0 Å². The van der Waals surface area contributed by atoms with Crippen LogP contribution >= 0.6 is 0 Å². The molecule has 4 nitrogen and oxygen atoms in total. The van der Waals surface area contributed by atoms with Crippen molar-refractivity contribution in [3.63, 3.8) is 0 Å². The summed E-state index contributed by atoms with van der Waals surface area (Å²) < 4.78 is 5.01. The van der Waals surface area contributed by atoms with Crippen LogP contribution in [0.15, 0.2) is 218 Å². The van der Waals surface area contributed by atoms with Crippen LogP contribution in [0.25, 0.3) is 111 Å². The van der Waals surface area contributed by atoms with E-state index >= 15 is 0 Å². The molecule has 0 saturated heterocycles. The summed E-state index contributed by atoms with van der Waals surface area (Å²) in [5, 5.41) is 5.02. The van der Waals surface area contributed by atoms with Crippen LogP contribution in [0.3, 0.4) is 0 Å². The first kappa shape index (κ1) is 35.8. The molecule has 0 spiro atoms. The molecule has 12 rings (SSSR count). The maximum Gasteiger partial charge on any atom is 0.160 e. The molecule has 0 saturated carbocycles. The molecule has 62 heavy (non-hydrogen) atoms. The number of hydrogen-bond donors (Lipinski definition) is 0. The smallest absolute Gasteiger partial charge is 0.160 e. The van der Waals surface area contributed by atoms with E-state index < -0.39 is 0 Å². The van der Waals surface area contributed by atoms with Gasteiger partial charge in [-0.25, -0.2) is 9.97 Å². The molecule has 0 aliphatic heterocycles. The van der Waals surface area contributed by atoms with Gasteiger partial charge in [0, 0.05) is 55.1 Å². The second-order valence-corrected chi connectivity index (χ2v) is 16.0. The monoisotopic (exact) mass is 792 g/mol. The molecule has 1 aliphatic rings. The number of allylic oxidation sites excluding steroid dienone is 4. The average molecular weight is 793 g/mol. The largest absolute Gasteiger partial charge is 0.313 e. The lowest BCUT2D eigenvalue weighted by Gasteiger charge is -2.21. The highest BCUT2D eigenvalue weighted by molar-refractivity contribution is 6.29. The van der Waals surface area contributed by atoms with Gasteiger partial charge in [0.2, 0.25) is 0 Å². The number of hydrogen-bond acceptors (Lipinski definition) is 2. The molecule has 0 unspecified atom stereocenters. The van der Waals surface area contributed by atoms with Crippen molar-refractivity contribution in [2.75, 3.05) is 0 Å². The molecular formula is C58H40N4. The number of para-hydroxylation sites is 2. The van der Waals surface area contributed by atoms with Crippen LogP contribution < -0.4 is 0 Å². The summed E-state index contributed by atoms with van der Waals surface area (Å²) in [7, 11) is 0. The minimum atomic E-state index is 0.676. The Morgan fingerprint density at radius 3 is 1.34 bits per heavy atom. The van der Waals surface area contributed by atoms with E-state index in [1.165, 1.54) is 38.3 Å². The Hall–Kier alpha value is -8.08. The Bertz CT molecular complexity index is 3420. The van der Waals surface area contributed by atoms with E-state index in [1.54, 1.807) is 0 Å². The second-order valence-electron chi connectivity index (χ2n) is 16.0. The average Bonchev–Trinajstić information content (AvgIpc) is 3.87. The van der Waals surface area contributed by atoms with Gasteiger partial charge in [-0.3, -0.25) is 0 Å². The molecule has 0 bridgehead atoms. The molecule has 0 fully saturated rings. The van der Waals surface area contributed by atoms with Gasteiger partial charge in [-0.15, -0.1) is 0 Å². The fraction of sp³-hybridized carbons (Fsp3) is 0.0345. The van der Waals surface area contributed by atoms with Crippen LogP contribution in [-0.4, -0.2) is 19.1 Å².